The smallest absolute Gasteiger partial charge is 0.257 e. The van der Waals surface area contributed by atoms with Gasteiger partial charge in [0.1, 0.15) is 5.75 Å². The zero-order chi connectivity index (χ0) is 21.6. The Morgan fingerprint density at radius 1 is 1.23 bits per heavy atom. The molecule has 8 heteroatoms. The molecule has 1 unspecified atom stereocenters. The van der Waals surface area contributed by atoms with Crippen LogP contribution in [0.3, 0.4) is 0 Å². The van der Waals surface area contributed by atoms with Gasteiger partial charge in [-0.25, -0.2) is 5.01 Å². The number of benzene rings is 1. The number of nitrogens with one attached hydrogen (secondary N) is 1. The van der Waals surface area contributed by atoms with Crippen molar-refractivity contribution < 1.29 is 14.3 Å². The first kappa shape index (κ1) is 21.5. The first-order valence-electron chi connectivity index (χ1n) is 10.8. The number of amides is 1. The van der Waals surface area contributed by atoms with E-state index >= 15 is 0 Å². The Balaban J connectivity index is 1.43. The highest BCUT2D eigenvalue weighted by Crippen LogP contribution is 2.33. The second-order valence-electron chi connectivity index (χ2n) is 7.91. The van der Waals surface area contributed by atoms with E-state index in [9.17, 15) is 4.79 Å². The van der Waals surface area contributed by atoms with Crippen LogP contribution in [0.25, 0.3) is 0 Å². The summed E-state index contributed by atoms with van der Waals surface area (Å²) in [6, 6.07) is 11.8. The highest BCUT2D eigenvalue weighted by Gasteiger charge is 2.33. The Hall–Kier alpha value is -2.68. The molecule has 8 nitrogen and oxygen atoms in total. The lowest BCUT2D eigenvalue weighted by Crippen LogP contribution is -2.42. The Labute approximate surface area is 183 Å². The average Bonchev–Trinajstić information content (AvgIpc) is 3.43. The molecule has 2 aliphatic heterocycles. The summed E-state index contributed by atoms with van der Waals surface area (Å²) in [6.07, 6.45) is 2.68. The van der Waals surface area contributed by atoms with Crippen molar-refractivity contribution in [3.05, 3.63) is 53.9 Å². The quantitative estimate of drug-likeness (QED) is 0.651. The summed E-state index contributed by atoms with van der Waals surface area (Å²) >= 11 is 0. The molecule has 166 valence electrons. The molecule has 31 heavy (non-hydrogen) atoms. The molecule has 3 heterocycles. The molecule has 1 aromatic heterocycles. The summed E-state index contributed by atoms with van der Waals surface area (Å²) in [4.78, 5) is 15.4. The molecule has 2 aromatic rings. The molecule has 1 amide bonds. The van der Waals surface area contributed by atoms with Gasteiger partial charge in [0.2, 0.25) is 0 Å². The molecule has 1 N–H and O–H groups in total. The highest BCUT2D eigenvalue weighted by atomic mass is 16.5. The maximum absolute atomic E-state index is 13.1. The van der Waals surface area contributed by atoms with Crippen LogP contribution in [0.4, 0.5) is 0 Å². The number of morpholine rings is 1. The summed E-state index contributed by atoms with van der Waals surface area (Å²) in [5.74, 6) is 0.778. The highest BCUT2D eigenvalue weighted by molar-refractivity contribution is 6.02. The number of ether oxygens (including phenoxy) is 2. The number of methoxy groups -OCH3 is 1. The van der Waals surface area contributed by atoms with Gasteiger partial charge in [0.15, 0.2) is 0 Å². The van der Waals surface area contributed by atoms with E-state index in [4.69, 9.17) is 14.6 Å². The van der Waals surface area contributed by atoms with Gasteiger partial charge in [-0.2, -0.15) is 5.10 Å². The van der Waals surface area contributed by atoms with Crippen molar-refractivity contribution in [2.24, 2.45) is 12.1 Å². The Morgan fingerprint density at radius 3 is 2.68 bits per heavy atom. The number of hydrogen-bond donors (Lipinski definition) is 1. The summed E-state index contributed by atoms with van der Waals surface area (Å²) in [6.45, 7) is 5.41. The van der Waals surface area contributed by atoms with Crippen LogP contribution in [0.5, 0.6) is 5.75 Å². The number of hydrazone groups is 1. The normalized spacial score (nSPS) is 19.5. The third kappa shape index (κ3) is 5.15. The zero-order valence-electron chi connectivity index (χ0n) is 18.3. The minimum atomic E-state index is -0.121. The number of carbonyl (C=O) groups is 1. The fourth-order valence-corrected chi connectivity index (χ4v) is 4.08. The van der Waals surface area contributed by atoms with Crippen molar-refractivity contribution in [1.82, 2.24) is 19.8 Å². The summed E-state index contributed by atoms with van der Waals surface area (Å²) in [5.41, 5.74) is 3.01. The van der Waals surface area contributed by atoms with E-state index in [-0.39, 0.29) is 18.5 Å². The fourth-order valence-electron chi connectivity index (χ4n) is 4.08. The molecular weight excluding hydrogens is 394 g/mol. The van der Waals surface area contributed by atoms with Gasteiger partial charge >= 0.3 is 0 Å². The number of aromatic nitrogens is 1. The van der Waals surface area contributed by atoms with Crippen LogP contribution in [-0.4, -0.2) is 79.1 Å². The standard InChI is InChI=1S/C23H31N5O3/c1-26-10-3-4-21(26)20-16-22(18-5-7-19(30-2)8-6-18)28(25-20)23(29)17-24-9-11-27-12-14-31-15-13-27/h3-8,10,22,24H,9,11-17H2,1-2H3. The topological polar surface area (TPSA) is 71.3 Å². The molecule has 1 aromatic carbocycles. The van der Waals surface area contributed by atoms with Crippen molar-refractivity contribution in [3.8, 4) is 5.75 Å². The predicted molar refractivity (Wildman–Crippen MR) is 119 cm³/mol. The van der Waals surface area contributed by atoms with Crippen molar-refractivity contribution in [3.63, 3.8) is 0 Å². The van der Waals surface area contributed by atoms with Gasteiger partial charge in [-0.1, -0.05) is 12.1 Å². The number of hydrogen-bond acceptors (Lipinski definition) is 6. The van der Waals surface area contributed by atoms with Gasteiger partial charge in [-0.05, 0) is 29.8 Å². The lowest BCUT2D eigenvalue weighted by Gasteiger charge is -2.26. The van der Waals surface area contributed by atoms with E-state index in [2.05, 4.69) is 10.2 Å². The predicted octanol–water partition coefficient (Wildman–Crippen LogP) is 1.63. The molecule has 1 fully saturated rings. The molecule has 1 saturated heterocycles. The monoisotopic (exact) mass is 425 g/mol. The lowest BCUT2D eigenvalue weighted by molar-refractivity contribution is -0.132. The van der Waals surface area contributed by atoms with Gasteiger partial charge in [-0.3, -0.25) is 9.69 Å². The first-order valence-corrected chi connectivity index (χ1v) is 10.8. The van der Waals surface area contributed by atoms with Crippen molar-refractivity contribution in [1.29, 1.82) is 0 Å². The molecule has 4 rings (SSSR count). The van der Waals surface area contributed by atoms with E-state index in [1.807, 2.05) is 54.2 Å². The summed E-state index contributed by atoms with van der Waals surface area (Å²) in [5, 5.41) is 9.68. The SMILES string of the molecule is COc1ccc(C2CC(c3cccn3C)=NN2C(=O)CNCCN2CCOCC2)cc1. The van der Waals surface area contributed by atoms with Crippen molar-refractivity contribution >= 4 is 11.6 Å². The zero-order valence-corrected chi connectivity index (χ0v) is 18.3. The van der Waals surface area contributed by atoms with Gasteiger partial charge in [-0.15, -0.1) is 0 Å². The molecule has 1 atom stereocenters. The Morgan fingerprint density at radius 2 is 2.00 bits per heavy atom. The third-order valence-corrected chi connectivity index (χ3v) is 5.89. The van der Waals surface area contributed by atoms with Crippen LogP contribution in [0.15, 0.2) is 47.7 Å². The van der Waals surface area contributed by atoms with E-state index in [1.54, 1.807) is 12.1 Å². The van der Waals surface area contributed by atoms with E-state index < -0.39 is 0 Å². The second-order valence-corrected chi connectivity index (χ2v) is 7.91. The number of rotatable bonds is 8. The third-order valence-electron chi connectivity index (χ3n) is 5.89. The number of carbonyl (C=O) groups excluding carboxylic acids is 1. The van der Waals surface area contributed by atoms with E-state index in [1.165, 1.54) is 0 Å². The lowest BCUT2D eigenvalue weighted by atomic mass is 10.0. The second kappa shape index (κ2) is 10.1. The maximum atomic E-state index is 13.1. The van der Waals surface area contributed by atoms with E-state index in [0.29, 0.717) is 6.42 Å². The average molecular weight is 426 g/mol. The maximum Gasteiger partial charge on any atom is 0.257 e. The minimum absolute atomic E-state index is 0.0213. The van der Waals surface area contributed by atoms with Crippen LogP contribution in [-0.2, 0) is 16.6 Å². The van der Waals surface area contributed by atoms with Crippen LogP contribution in [0.1, 0.15) is 23.7 Å². The van der Waals surface area contributed by atoms with Gasteiger partial charge in [0.25, 0.3) is 5.91 Å². The van der Waals surface area contributed by atoms with Crippen LogP contribution in [0, 0.1) is 0 Å². The van der Waals surface area contributed by atoms with Gasteiger partial charge < -0.3 is 19.4 Å². The number of aryl methyl sites for hydroxylation is 1. The molecular formula is C23H31N5O3. The largest absolute Gasteiger partial charge is 0.497 e. The summed E-state index contributed by atoms with van der Waals surface area (Å²) < 4.78 is 12.7. The molecule has 0 saturated carbocycles. The number of nitrogens with zero attached hydrogens (tertiary/aromatic N) is 4. The molecule has 0 radical (unpaired) electrons. The fraction of sp³-hybridized carbons (Fsp3) is 0.478. The van der Waals surface area contributed by atoms with Crippen LogP contribution in [0.2, 0.25) is 0 Å². The summed E-state index contributed by atoms with van der Waals surface area (Å²) in [7, 11) is 3.65. The van der Waals surface area contributed by atoms with Crippen LogP contribution >= 0.6 is 0 Å². The van der Waals surface area contributed by atoms with Crippen LogP contribution < -0.4 is 10.1 Å². The van der Waals surface area contributed by atoms with Gasteiger partial charge in [0.05, 0.1) is 44.3 Å². The molecule has 2 aliphatic rings. The molecule has 0 spiro atoms. The van der Waals surface area contributed by atoms with E-state index in [0.717, 1.165) is 62.1 Å². The van der Waals surface area contributed by atoms with Crippen molar-refractivity contribution in [2.45, 2.75) is 12.5 Å². The first-order chi connectivity index (χ1) is 15.2. The molecule has 0 aliphatic carbocycles. The minimum Gasteiger partial charge on any atom is -0.497 e. The Kier molecular flexibility index (Phi) is 7.01. The molecule has 0 bridgehead atoms. The van der Waals surface area contributed by atoms with Gasteiger partial charge in [0, 0.05) is 45.8 Å². The Bertz CT molecular complexity index is 902. The van der Waals surface area contributed by atoms with Crippen molar-refractivity contribution in [2.75, 3.05) is 53.0 Å².